The smallest absolute Gasteiger partial charge is 0.223 e. The molecule has 2 aliphatic carbocycles. The molecular formula is C18H32N2O3. The summed E-state index contributed by atoms with van der Waals surface area (Å²) >= 11 is 0. The Labute approximate surface area is 139 Å². The fourth-order valence-electron chi connectivity index (χ4n) is 4.95. The molecule has 1 aliphatic heterocycles. The average molecular weight is 324 g/mol. The van der Waals surface area contributed by atoms with Gasteiger partial charge in [0.05, 0.1) is 25.2 Å². The first-order chi connectivity index (χ1) is 11.0. The van der Waals surface area contributed by atoms with E-state index >= 15 is 0 Å². The van der Waals surface area contributed by atoms with Crippen LogP contribution in [0.4, 0.5) is 0 Å². The van der Waals surface area contributed by atoms with Gasteiger partial charge in [0.15, 0.2) is 0 Å². The molecule has 1 amide bonds. The van der Waals surface area contributed by atoms with Crippen molar-refractivity contribution >= 4 is 5.91 Å². The summed E-state index contributed by atoms with van der Waals surface area (Å²) in [6.45, 7) is 5.66. The summed E-state index contributed by atoms with van der Waals surface area (Å²) in [7, 11) is 0. The van der Waals surface area contributed by atoms with E-state index in [-0.39, 0.29) is 23.9 Å². The molecule has 0 spiro atoms. The zero-order chi connectivity index (χ0) is 16.3. The van der Waals surface area contributed by atoms with Gasteiger partial charge in [-0.15, -0.1) is 0 Å². The number of carbonyl (C=O) groups excluding carboxylic acids is 1. The third-order valence-electron chi connectivity index (χ3n) is 6.32. The van der Waals surface area contributed by atoms with Gasteiger partial charge in [-0.1, -0.05) is 25.7 Å². The van der Waals surface area contributed by atoms with Crippen LogP contribution in [0.25, 0.3) is 0 Å². The lowest BCUT2D eigenvalue weighted by Crippen LogP contribution is -2.62. The van der Waals surface area contributed by atoms with E-state index in [1.54, 1.807) is 0 Å². The number of amides is 1. The van der Waals surface area contributed by atoms with Gasteiger partial charge < -0.3 is 15.2 Å². The Hall–Kier alpha value is -0.650. The van der Waals surface area contributed by atoms with Crippen molar-refractivity contribution in [2.75, 3.05) is 26.3 Å². The van der Waals surface area contributed by atoms with Crippen molar-refractivity contribution in [1.82, 2.24) is 10.2 Å². The molecule has 3 aliphatic rings. The number of carbonyl (C=O) groups is 1. The molecule has 0 radical (unpaired) electrons. The van der Waals surface area contributed by atoms with Crippen LogP contribution >= 0.6 is 0 Å². The van der Waals surface area contributed by atoms with Gasteiger partial charge in [0.2, 0.25) is 5.91 Å². The van der Waals surface area contributed by atoms with Gasteiger partial charge in [0, 0.05) is 24.7 Å². The summed E-state index contributed by atoms with van der Waals surface area (Å²) < 4.78 is 5.50. The van der Waals surface area contributed by atoms with Crippen LogP contribution in [0.1, 0.15) is 64.7 Å². The van der Waals surface area contributed by atoms with Crippen molar-refractivity contribution in [3.05, 3.63) is 0 Å². The molecule has 1 unspecified atom stereocenters. The van der Waals surface area contributed by atoms with Crippen LogP contribution in [0.5, 0.6) is 0 Å². The van der Waals surface area contributed by atoms with E-state index in [0.29, 0.717) is 0 Å². The molecule has 1 heterocycles. The number of morpholine rings is 1. The van der Waals surface area contributed by atoms with Gasteiger partial charge in [-0.2, -0.15) is 0 Å². The SMILES string of the molecule is CC(NC(=O)CC1(O)CCCC1)C1(N2CCOCC2)CCCC1. The molecule has 3 fully saturated rings. The van der Waals surface area contributed by atoms with Crippen molar-refractivity contribution in [3.8, 4) is 0 Å². The molecule has 0 aromatic carbocycles. The van der Waals surface area contributed by atoms with Gasteiger partial charge in [-0.05, 0) is 32.6 Å². The normalized spacial score (nSPS) is 28.6. The fraction of sp³-hybridized carbons (Fsp3) is 0.944. The van der Waals surface area contributed by atoms with Crippen LogP contribution in [0.15, 0.2) is 0 Å². The first-order valence-corrected chi connectivity index (χ1v) is 9.39. The van der Waals surface area contributed by atoms with Gasteiger partial charge in [-0.3, -0.25) is 9.69 Å². The zero-order valence-corrected chi connectivity index (χ0v) is 14.5. The van der Waals surface area contributed by atoms with Gasteiger partial charge in [0.1, 0.15) is 0 Å². The van der Waals surface area contributed by atoms with Gasteiger partial charge in [-0.25, -0.2) is 0 Å². The predicted molar refractivity (Wildman–Crippen MR) is 89.2 cm³/mol. The lowest BCUT2D eigenvalue weighted by Gasteiger charge is -2.47. The number of ether oxygens (including phenoxy) is 1. The van der Waals surface area contributed by atoms with E-state index in [1.807, 2.05) is 0 Å². The second kappa shape index (κ2) is 7.08. The molecule has 3 rings (SSSR count). The standard InChI is InChI=1S/C18H32N2O3/c1-15(19-16(21)14-17(22)6-2-3-7-17)18(8-4-5-9-18)20-10-12-23-13-11-20/h15,22H,2-14H2,1H3,(H,19,21). The molecule has 2 N–H and O–H groups in total. The monoisotopic (exact) mass is 324 g/mol. The van der Waals surface area contributed by atoms with Crippen molar-refractivity contribution in [1.29, 1.82) is 0 Å². The number of hydrogen-bond acceptors (Lipinski definition) is 4. The number of nitrogens with one attached hydrogen (secondary N) is 1. The minimum absolute atomic E-state index is 0.0152. The predicted octanol–water partition coefficient (Wildman–Crippen LogP) is 1.83. The highest BCUT2D eigenvalue weighted by molar-refractivity contribution is 5.77. The summed E-state index contributed by atoms with van der Waals surface area (Å²) in [5, 5.41) is 13.7. The Morgan fingerprint density at radius 1 is 1.13 bits per heavy atom. The van der Waals surface area contributed by atoms with Crippen LogP contribution in [0.3, 0.4) is 0 Å². The molecule has 132 valence electrons. The maximum Gasteiger partial charge on any atom is 0.223 e. The minimum atomic E-state index is -0.758. The van der Waals surface area contributed by atoms with E-state index in [2.05, 4.69) is 17.1 Å². The molecule has 1 atom stereocenters. The second-order valence-corrected chi connectivity index (χ2v) is 7.81. The van der Waals surface area contributed by atoms with Crippen LogP contribution in [-0.2, 0) is 9.53 Å². The maximum atomic E-state index is 12.5. The summed E-state index contributed by atoms with van der Waals surface area (Å²) in [6.07, 6.45) is 8.65. The topological polar surface area (TPSA) is 61.8 Å². The molecule has 23 heavy (non-hydrogen) atoms. The van der Waals surface area contributed by atoms with Crippen LogP contribution in [0, 0.1) is 0 Å². The lowest BCUT2D eigenvalue weighted by atomic mass is 9.86. The minimum Gasteiger partial charge on any atom is -0.389 e. The summed E-state index contributed by atoms with van der Waals surface area (Å²) in [6, 6.07) is 0.126. The Balaban J connectivity index is 1.62. The van der Waals surface area contributed by atoms with Crippen LogP contribution in [0.2, 0.25) is 0 Å². The van der Waals surface area contributed by atoms with Crippen molar-refractivity contribution in [2.24, 2.45) is 0 Å². The van der Waals surface area contributed by atoms with E-state index in [0.717, 1.165) is 64.8 Å². The highest BCUT2D eigenvalue weighted by Crippen LogP contribution is 2.39. The Morgan fingerprint density at radius 2 is 1.70 bits per heavy atom. The van der Waals surface area contributed by atoms with Crippen molar-refractivity contribution < 1.29 is 14.6 Å². The quantitative estimate of drug-likeness (QED) is 0.810. The van der Waals surface area contributed by atoms with E-state index in [9.17, 15) is 9.90 Å². The average Bonchev–Trinajstić information content (AvgIpc) is 3.18. The Bertz CT molecular complexity index is 408. The number of nitrogens with zero attached hydrogens (tertiary/aromatic N) is 1. The van der Waals surface area contributed by atoms with E-state index in [1.165, 1.54) is 12.8 Å². The van der Waals surface area contributed by atoms with Gasteiger partial charge in [0.25, 0.3) is 0 Å². The molecule has 5 nitrogen and oxygen atoms in total. The van der Waals surface area contributed by atoms with Gasteiger partial charge >= 0.3 is 0 Å². The maximum absolute atomic E-state index is 12.5. The number of rotatable bonds is 5. The Morgan fingerprint density at radius 3 is 2.30 bits per heavy atom. The highest BCUT2D eigenvalue weighted by atomic mass is 16.5. The lowest BCUT2D eigenvalue weighted by molar-refractivity contribution is -0.128. The molecule has 0 aromatic rings. The largest absolute Gasteiger partial charge is 0.389 e. The molecule has 1 saturated heterocycles. The number of aliphatic hydroxyl groups is 1. The molecule has 5 heteroatoms. The molecular weight excluding hydrogens is 292 g/mol. The first-order valence-electron chi connectivity index (χ1n) is 9.39. The summed E-state index contributed by atoms with van der Waals surface area (Å²) in [4.78, 5) is 15.0. The van der Waals surface area contributed by atoms with E-state index < -0.39 is 5.60 Å². The summed E-state index contributed by atoms with van der Waals surface area (Å²) in [5.41, 5.74) is -0.677. The molecule has 0 aromatic heterocycles. The highest BCUT2D eigenvalue weighted by Gasteiger charge is 2.45. The molecule has 2 saturated carbocycles. The zero-order valence-electron chi connectivity index (χ0n) is 14.5. The third kappa shape index (κ3) is 3.72. The molecule has 0 bridgehead atoms. The second-order valence-electron chi connectivity index (χ2n) is 7.81. The van der Waals surface area contributed by atoms with Crippen LogP contribution in [-0.4, -0.2) is 59.4 Å². The Kier molecular flexibility index (Phi) is 5.29. The fourth-order valence-corrected chi connectivity index (χ4v) is 4.95. The van der Waals surface area contributed by atoms with Crippen molar-refractivity contribution in [2.45, 2.75) is 81.9 Å². The van der Waals surface area contributed by atoms with E-state index in [4.69, 9.17) is 4.74 Å². The summed E-state index contributed by atoms with van der Waals surface area (Å²) in [5.74, 6) is 0.0152. The number of hydrogen-bond donors (Lipinski definition) is 2. The van der Waals surface area contributed by atoms with Crippen molar-refractivity contribution in [3.63, 3.8) is 0 Å². The first kappa shape index (κ1) is 17.2. The van der Waals surface area contributed by atoms with Crippen LogP contribution < -0.4 is 5.32 Å². The third-order valence-corrected chi connectivity index (χ3v) is 6.32.